The molecule has 252 valence electrons. The van der Waals surface area contributed by atoms with Crippen LogP contribution in [0.4, 0.5) is 0 Å². The summed E-state index contributed by atoms with van der Waals surface area (Å²) in [6, 6.07) is 21.9. The van der Waals surface area contributed by atoms with Gasteiger partial charge >= 0.3 is 23.9 Å². The zero-order valence-corrected chi connectivity index (χ0v) is 26.6. The van der Waals surface area contributed by atoms with Crippen LogP contribution in [0, 0.1) is 5.92 Å². The molecule has 10 nitrogen and oxygen atoms in total. The van der Waals surface area contributed by atoms with Crippen molar-refractivity contribution in [2.24, 2.45) is 5.92 Å². The number of carbonyl (C=O) groups is 4. The summed E-state index contributed by atoms with van der Waals surface area (Å²) < 4.78 is 21.1. The summed E-state index contributed by atoms with van der Waals surface area (Å²) in [4.78, 5) is 46.5. The molecule has 1 heterocycles. The third kappa shape index (κ3) is 8.96. The van der Waals surface area contributed by atoms with Crippen molar-refractivity contribution in [1.82, 2.24) is 0 Å². The first kappa shape index (κ1) is 34.5. The number of aliphatic carboxylic acids is 2. The highest BCUT2D eigenvalue weighted by atomic mass is 16.7. The number of esters is 2. The lowest BCUT2D eigenvalue weighted by Gasteiger charge is -2.29. The van der Waals surface area contributed by atoms with Crippen LogP contribution >= 0.6 is 0 Å². The summed E-state index contributed by atoms with van der Waals surface area (Å²) in [5.41, 5.74) is 4.18. The average molecular weight is 657 g/mol. The molecule has 3 aromatic carbocycles. The molecule has 0 spiro atoms. The molecule has 48 heavy (non-hydrogen) atoms. The number of unbranched alkanes of at least 4 members (excludes halogenated alkanes) is 2. The Bertz CT molecular complexity index is 1550. The minimum Gasteiger partial charge on any atom is -0.479 e. The van der Waals surface area contributed by atoms with Crippen molar-refractivity contribution >= 4 is 23.9 Å². The molecule has 5 rings (SSSR count). The molecular formula is C38H40O10. The van der Waals surface area contributed by atoms with E-state index in [0.29, 0.717) is 23.7 Å². The van der Waals surface area contributed by atoms with E-state index >= 15 is 0 Å². The number of benzene rings is 3. The molecule has 1 aliphatic heterocycles. The van der Waals surface area contributed by atoms with Gasteiger partial charge in [0.15, 0.2) is 18.5 Å². The lowest BCUT2D eigenvalue weighted by atomic mass is 9.77. The van der Waals surface area contributed by atoms with E-state index in [9.17, 15) is 29.4 Å². The molecule has 10 heteroatoms. The van der Waals surface area contributed by atoms with Crippen molar-refractivity contribution in [1.29, 1.82) is 0 Å². The highest BCUT2D eigenvalue weighted by molar-refractivity contribution is 5.91. The van der Waals surface area contributed by atoms with Gasteiger partial charge in [-0.2, -0.15) is 0 Å². The normalized spacial score (nSPS) is 22.0. The van der Waals surface area contributed by atoms with Crippen LogP contribution in [0.2, 0.25) is 0 Å². The molecule has 0 bridgehead atoms. The Balaban J connectivity index is 1.07. The zero-order chi connectivity index (χ0) is 34.0. The Kier molecular flexibility index (Phi) is 11.8. The minimum absolute atomic E-state index is 0.253. The predicted molar refractivity (Wildman–Crippen MR) is 175 cm³/mol. The Morgan fingerprint density at radius 3 is 1.85 bits per heavy atom. The van der Waals surface area contributed by atoms with Crippen LogP contribution in [0.25, 0.3) is 11.1 Å². The van der Waals surface area contributed by atoms with Crippen molar-refractivity contribution in [3.05, 3.63) is 102 Å². The first-order valence-electron chi connectivity index (χ1n) is 16.3. The average Bonchev–Trinajstić information content (AvgIpc) is 3.57. The zero-order valence-electron chi connectivity index (χ0n) is 26.6. The fourth-order valence-corrected chi connectivity index (χ4v) is 6.31. The standard InChI is InChI=1S/C38H40O10/c1-2-32(39)45-23-5-3-4-6-24-7-9-25(10-8-24)26-11-13-27(14-12-26)28-15-17-29(18-16-28)37(44)46-31-21-19-30(20-22-31)38-47-33(35(40)41)34(48-38)36(42)43/h2,11-22,24-25,33-34,38H,1,3-10,23H2,(H,40,41)(H,42,43). The summed E-state index contributed by atoms with van der Waals surface area (Å²) in [6.45, 7) is 3.87. The van der Waals surface area contributed by atoms with E-state index in [2.05, 4.69) is 30.8 Å². The smallest absolute Gasteiger partial charge is 0.343 e. The number of hydrogen-bond donors (Lipinski definition) is 2. The van der Waals surface area contributed by atoms with Gasteiger partial charge in [-0.05, 0) is 84.9 Å². The summed E-state index contributed by atoms with van der Waals surface area (Å²) in [7, 11) is 0. The summed E-state index contributed by atoms with van der Waals surface area (Å²) in [6.07, 6.45) is 6.00. The van der Waals surface area contributed by atoms with Crippen molar-refractivity contribution in [2.75, 3.05) is 6.61 Å². The van der Waals surface area contributed by atoms with Gasteiger partial charge in [0.2, 0.25) is 0 Å². The molecule has 1 saturated heterocycles. The van der Waals surface area contributed by atoms with E-state index in [0.717, 1.165) is 29.9 Å². The quantitative estimate of drug-likeness (QED) is 0.0798. The van der Waals surface area contributed by atoms with Crippen LogP contribution in [-0.2, 0) is 28.6 Å². The fourth-order valence-electron chi connectivity index (χ4n) is 6.31. The second kappa shape index (κ2) is 16.3. The molecule has 3 aromatic rings. The monoisotopic (exact) mass is 656 g/mol. The van der Waals surface area contributed by atoms with Gasteiger partial charge in [-0.25, -0.2) is 19.2 Å². The van der Waals surface area contributed by atoms with Crippen LogP contribution in [0.1, 0.15) is 85.1 Å². The molecule has 2 aliphatic rings. The summed E-state index contributed by atoms with van der Waals surface area (Å²) in [5.74, 6) is -2.17. The van der Waals surface area contributed by atoms with Gasteiger partial charge in [-0.15, -0.1) is 0 Å². The Morgan fingerprint density at radius 1 is 0.729 bits per heavy atom. The number of carboxylic acids is 2. The third-order valence-electron chi connectivity index (χ3n) is 9.02. The lowest BCUT2D eigenvalue weighted by molar-refractivity contribution is -0.156. The number of ether oxygens (including phenoxy) is 4. The molecule has 0 radical (unpaired) electrons. The number of carboxylic acid groups (broad SMARTS) is 2. The molecule has 0 aromatic heterocycles. The van der Waals surface area contributed by atoms with E-state index in [1.165, 1.54) is 74.4 Å². The number of carbonyl (C=O) groups excluding carboxylic acids is 2. The Morgan fingerprint density at radius 2 is 1.29 bits per heavy atom. The SMILES string of the molecule is C=CC(=O)OCCCCCC1CCC(c2ccc(-c3ccc(C(=O)Oc4ccc(C5OC(C(=O)O)C(C(=O)O)O5)cc4)cc3)cc2)CC1. The van der Waals surface area contributed by atoms with E-state index in [1.54, 1.807) is 12.1 Å². The maximum atomic E-state index is 12.8. The number of hydrogen-bond acceptors (Lipinski definition) is 8. The highest BCUT2D eigenvalue weighted by Crippen LogP contribution is 2.38. The molecule has 2 N–H and O–H groups in total. The van der Waals surface area contributed by atoms with Gasteiger partial charge in [0, 0.05) is 11.6 Å². The van der Waals surface area contributed by atoms with Crippen LogP contribution in [0.5, 0.6) is 5.75 Å². The summed E-state index contributed by atoms with van der Waals surface area (Å²) >= 11 is 0. The second-order valence-electron chi connectivity index (χ2n) is 12.2. The molecule has 2 fully saturated rings. The first-order valence-corrected chi connectivity index (χ1v) is 16.3. The van der Waals surface area contributed by atoms with Crippen molar-refractivity contribution in [2.45, 2.75) is 75.8 Å². The van der Waals surface area contributed by atoms with Gasteiger partial charge in [0.05, 0.1) is 12.2 Å². The molecule has 1 saturated carbocycles. The van der Waals surface area contributed by atoms with Gasteiger partial charge in [0.1, 0.15) is 5.75 Å². The molecule has 2 atom stereocenters. The van der Waals surface area contributed by atoms with Crippen LogP contribution in [0.15, 0.2) is 85.5 Å². The maximum Gasteiger partial charge on any atom is 0.343 e. The van der Waals surface area contributed by atoms with Crippen LogP contribution in [0.3, 0.4) is 0 Å². The van der Waals surface area contributed by atoms with Crippen molar-refractivity contribution < 1.29 is 48.3 Å². The Hall–Kier alpha value is -4.80. The van der Waals surface area contributed by atoms with E-state index < -0.39 is 36.4 Å². The van der Waals surface area contributed by atoms with Crippen molar-refractivity contribution in [3.63, 3.8) is 0 Å². The summed E-state index contributed by atoms with van der Waals surface area (Å²) in [5, 5.41) is 18.4. The third-order valence-corrected chi connectivity index (χ3v) is 9.02. The fraction of sp³-hybridized carbons (Fsp3) is 0.368. The first-order chi connectivity index (χ1) is 23.2. The Labute approximate surface area is 279 Å². The number of rotatable bonds is 14. The molecule has 1 aliphatic carbocycles. The van der Waals surface area contributed by atoms with Gasteiger partial charge < -0.3 is 29.2 Å². The topological polar surface area (TPSA) is 146 Å². The maximum absolute atomic E-state index is 12.8. The van der Waals surface area contributed by atoms with Crippen LogP contribution in [-0.4, -0.2) is 52.9 Å². The van der Waals surface area contributed by atoms with Gasteiger partial charge in [0.25, 0.3) is 0 Å². The lowest BCUT2D eigenvalue weighted by Crippen LogP contribution is -2.36. The van der Waals surface area contributed by atoms with E-state index in [1.807, 2.05) is 12.1 Å². The van der Waals surface area contributed by atoms with Crippen LogP contribution < -0.4 is 4.74 Å². The predicted octanol–water partition coefficient (Wildman–Crippen LogP) is 7.09. The van der Waals surface area contributed by atoms with Gasteiger partial charge in [-0.3, -0.25) is 0 Å². The van der Waals surface area contributed by atoms with E-state index in [4.69, 9.17) is 18.9 Å². The largest absolute Gasteiger partial charge is 0.479 e. The van der Waals surface area contributed by atoms with Crippen molar-refractivity contribution in [3.8, 4) is 16.9 Å². The van der Waals surface area contributed by atoms with Gasteiger partial charge in [-0.1, -0.05) is 74.4 Å². The highest BCUT2D eigenvalue weighted by Gasteiger charge is 2.46. The molecule has 0 amide bonds. The molecule has 2 unspecified atom stereocenters. The van der Waals surface area contributed by atoms with E-state index in [-0.39, 0.29) is 11.7 Å². The molecular weight excluding hydrogens is 616 g/mol. The minimum atomic E-state index is -1.63. The second-order valence-corrected chi connectivity index (χ2v) is 12.2.